The van der Waals surface area contributed by atoms with Crippen molar-refractivity contribution in [3.05, 3.63) is 242 Å². The van der Waals surface area contributed by atoms with Gasteiger partial charge in [0.2, 0.25) is 0 Å². The number of rotatable bonds is 9. The Bertz CT molecular complexity index is 3210. The van der Waals surface area contributed by atoms with Crippen LogP contribution in [0.1, 0.15) is 11.1 Å². The van der Waals surface area contributed by atoms with Gasteiger partial charge in [0.1, 0.15) is 0 Å². The molecule has 284 valence electrons. The highest BCUT2D eigenvalue weighted by Gasteiger charge is 2.18. The zero-order valence-corrected chi connectivity index (χ0v) is 33.6. The minimum absolute atomic E-state index is 1.08. The van der Waals surface area contributed by atoms with Crippen molar-refractivity contribution in [2.75, 3.05) is 4.90 Å². The molecule has 0 saturated carbocycles. The van der Waals surface area contributed by atoms with Crippen molar-refractivity contribution in [2.45, 2.75) is 6.92 Å². The first kappa shape index (κ1) is 36.6. The topological polar surface area (TPSA) is 3.24 Å². The average Bonchev–Trinajstić information content (AvgIpc) is 3.32. The first-order chi connectivity index (χ1) is 29.6. The van der Waals surface area contributed by atoms with E-state index in [1.165, 1.54) is 82.4 Å². The van der Waals surface area contributed by atoms with E-state index in [1.54, 1.807) is 0 Å². The van der Waals surface area contributed by atoms with E-state index in [0.29, 0.717) is 0 Å². The lowest BCUT2D eigenvalue weighted by molar-refractivity contribution is 1.28. The molecule has 0 atom stereocenters. The highest BCUT2D eigenvalue weighted by atomic mass is 15.1. The van der Waals surface area contributed by atoms with Gasteiger partial charge in [-0.25, -0.2) is 0 Å². The maximum Gasteiger partial charge on any atom is 0.0468 e. The number of hydrogen-bond acceptors (Lipinski definition) is 1. The second-order valence-corrected chi connectivity index (χ2v) is 15.4. The van der Waals surface area contributed by atoms with Crippen LogP contribution in [0.15, 0.2) is 231 Å². The van der Waals surface area contributed by atoms with E-state index in [4.69, 9.17) is 0 Å². The Kier molecular flexibility index (Phi) is 9.69. The van der Waals surface area contributed by atoms with E-state index in [-0.39, 0.29) is 0 Å². The quantitative estimate of drug-likeness (QED) is 0.104. The molecule has 0 radical (unpaired) electrons. The number of allylic oxidation sites excluding steroid dienone is 2. The van der Waals surface area contributed by atoms with Crippen molar-refractivity contribution in [1.29, 1.82) is 0 Å². The van der Waals surface area contributed by atoms with E-state index >= 15 is 0 Å². The van der Waals surface area contributed by atoms with E-state index in [9.17, 15) is 0 Å². The Hall–Kier alpha value is -7.74. The summed E-state index contributed by atoms with van der Waals surface area (Å²) in [6.07, 6.45) is 5.96. The van der Waals surface area contributed by atoms with Gasteiger partial charge in [-0.15, -0.1) is 0 Å². The maximum absolute atomic E-state index is 3.87. The molecule has 0 bridgehead atoms. The zero-order valence-electron chi connectivity index (χ0n) is 33.6. The summed E-state index contributed by atoms with van der Waals surface area (Å²) in [7, 11) is 0. The number of anilines is 3. The predicted octanol–water partition coefficient (Wildman–Crippen LogP) is 16.8. The number of hydrogen-bond donors (Lipinski definition) is 0. The van der Waals surface area contributed by atoms with Crippen molar-refractivity contribution in [3.63, 3.8) is 0 Å². The largest absolute Gasteiger partial charge is 0.310 e. The lowest BCUT2D eigenvalue weighted by Crippen LogP contribution is -2.10. The predicted molar refractivity (Wildman–Crippen MR) is 259 cm³/mol. The third-order valence-electron chi connectivity index (χ3n) is 11.8. The normalized spacial score (nSPS) is 11.4. The van der Waals surface area contributed by atoms with Gasteiger partial charge in [0, 0.05) is 17.1 Å². The van der Waals surface area contributed by atoms with Gasteiger partial charge in [-0.3, -0.25) is 0 Å². The van der Waals surface area contributed by atoms with Gasteiger partial charge in [-0.1, -0.05) is 189 Å². The Morgan fingerprint density at radius 2 is 0.950 bits per heavy atom. The van der Waals surface area contributed by atoms with Crippen LogP contribution >= 0.6 is 0 Å². The molecule has 10 aromatic rings. The molecule has 0 spiro atoms. The lowest BCUT2D eigenvalue weighted by Gasteiger charge is -2.27. The molecule has 1 heteroatoms. The molecule has 0 saturated heterocycles. The monoisotopic (exact) mass is 765 g/mol. The molecule has 10 rings (SSSR count). The summed E-state index contributed by atoms with van der Waals surface area (Å²) in [5.41, 5.74) is 15.2. The highest BCUT2D eigenvalue weighted by molar-refractivity contribution is 6.13. The standard InChI is InChI=1S/C59H43N/c1-3-4-16-42-27-28-45-29-30-48(38-57(45)41(42)2)47-22-15-23-51(37-47)60(52-35-36-54(43-17-7-5-8-18-43)59(40-52)44-19-9-6-10-20-44)50-33-31-46(32-34-50)58-39-49-21-11-12-24-53(49)55-25-13-14-26-56(55)58/h3-40H,1H2,2H3/b16-4-. The molecule has 0 heterocycles. The Labute approximate surface area is 352 Å². The fraction of sp³-hybridized carbons (Fsp3) is 0.0169. The van der Waals surface area contributed by atoms with Gasteiger partial charge in [0.25, 0.3) is 0 Å². The SMILES string of the molecule is C=C/C=C\c1ccc2ccc(-c3cccc(N(c4ccc(-c5cc6ccccc6c6ccccc56)cc4)c4ccc(-c5ccccc5)c(-c5ccccc5)c4)c3)cc2c1C. The average molecular weight is 766 g/mol. The molecule has 1 nitrogen and oxygen atoms in total. The zero-order chi connectivity index (χ0) is 40.4. The lowest BCUT2D eigenvalue weighted by atomic mass is 9.92. The van der Waals surface area contributed by atoms with Crippen molar-refractivity contribution in [1.82, 2.24) is 0 Å². The maximum atomic E-state index is 3.87. The fourth-order valence-corrected chi connectivity index (χ4v) is 8.77. The number of fused-ring (bicyclic) bond motifs is 4. The first-order valence-electron chi connectivity index (χ1n) is 20.6. The van der Waals surface area contributed by atoms with Crippen LogP contribution in [0.4, 0.5) is 17.1 Å². The highest BCUT2D eigenvalue weighted by Crippen LogP contribution is 2.43. The minimum atomic E-state index is 1.08. The van der Waals surface area contributed by atoms with Crippen LogP contribution in [0.5, 0.6) is 0 Å². The Morgan fingerprint density at radius 3 is 1.72 bits per heavy atom. The summed E-state index contributed by atoms with van der Waals surface area (Å²) < 4.78 is 0. The van der Waals surface area contributed by atoms with Crippen LogP contribution in [-0.2, 0) is 0 Å². The van der Waals surface area contributed by atoms with Crippen molar-refractivity contribution < 1.29 is 0 Å². The summed E-state index contributed by atoms with van der Waals surface area (Å²) in [6, 6.07) is 77.4. The number of nitrogens with zero attached hydrogens (tertiary/aromatic N) is 1. The summed E-state index contributed by atoms with van der Waals surface area (Å²) in [5, 5.41) is 7.53. The van der Waals surface area contributed by atoms with Crippen LogP contribution < -0.4 is 4.90 Å². The van der Waals surface area contributed by atoms with Crippen LogP contribution in [0.2, 0.25) is 0 Å². The van der Waals surface area contributed by atoms with Crippen LogP contribution in [0.3, 0.4) is 0 Å². The fourth-order valence-electron chi connectivity index (χ4n) is 8.77. The van der Waals surface area contributed by atoms with E-state index in [2.05, 4.69) is 237 Å². The summed E-state index contributed by atoms with van der Waals surface area (Å²) in [5.74, 6) is 0. The summed E-state index contributed by atoms with van der Waals surface area (Å²) in [6.45, 7) is 6.08. The van der Waals surface area contributed by atoms with Crippen molar-refractivity contribution >= 4 is 55.5 Å². The molecule has 0 fully saturated rings. The molecule has 0 N–H and O–H groups in total. The molecular formula is C59H43N. The van der Waals surface area contributed by atoms with Crippen molar-refractivity contribution in [3.8, 4) is 44.5 Å². The summed E-state index contributed by atoms with van der Waals surface area (Å²) >= 11 is 0. The Morgan fingerprint density at radius 1 is 0.367 bits per heavy atom. The molecular weight excluding hydrogens is 723 g/mol. The molecule has 0 amide bonds. The molecule has 0 aliphatic rings. The van der Waals surface area contributed by atoms with Gasteiger partial charge in [0.15, 0.2) is 0 Å². The summed E-state index contributed by atoms with van der Waals surface area (Å²) in [4.78, 5) is 2.40. The minimum Gasteiger partial charge on any atom is -0.310 e. The van der Waals surface area contributed by atoms with Crippen LogP contribution in [0.25, 0.3) is 82.9 Å². The molecule has 10 aromatic carbocycles. The van der Waals surface area contributed by atoms with Crippen LogP contribution in [-0.4, -0.2) is 0 Å². The molecule has 0 aliphatic carbocycles. The van der Waals surface area contributed by atoms with E-state index < -0.39 is 0 Å². The Balaban J connectivity index is 1.13. The molecule has 0 aromatic heterocycles. The van der Waals surface area contributed by atoms with Crippen molar-refractivity contribution in [2.24, 2.45) is 0 Å². The van der Waals surface area contributed by atoms with Crippen LogP contribution in [0, 0.1) is 6.92 Å². The number of aryl methyl sites for hydroxylation is 1. The van der Waals surface area contributed by atoms with Gasteiger partial charge < -0.3 is 4.90 Å². The first-order valence-corrected chi connectivity index (χ1v) is 20.6. The van der Waals surface area contributed by atoms with E-state index in [0.717, 1.165) is 22.6 Å². The number of benzene rings is 10. The van der Waals surface area contributed by atoms with Gasteiger partial charge in [-0.2, -0.15) is 0 Å². The van der Waals surface area contributed by atoms with Gasteiger partial charge >= 0.3 is 0 Å². The molecule has 60 heavy (non-hydrogen) atoms. The third-order valence-corrected chi connectivity index (χ3v) is 11.8. The second kappa shape index (κ2) is 15.9. The smallest absolute Gasteiger partial charge is 0.0468 e. The molecule has 0 unspecified atom stereocenters. The van der Waals surface area contributed by atoms with Gasteiger partial charge in [0.05, 0.1) is 0 Å². The second-order valence-electron chi connectivity index (χ2n) is 15.4. The van der Waals surface area contributed by atoms with Gasteiger partial charge in [-0.05, 0) is 143 Å². The third kappa shape index (κ3) is 6.87. The van der Waals surface area contributed by atoms with E-state index in [1.807, 2.05) is 12.2 Å². The molecule has 0 aliphatic heterocycles.